The highest BCUT2D eigenvalue weighted by Crippen LogP contribution is 2.30. The normalized spacial score (nSPS) is 13.3. The summed E-state index contributed by atoms with van der Waals surface area (Å²) in [5, 5.41) is 13.3. The van der Waals surface area contributed by atoms with Crippen molar-refractivity contribution in [3.63, 3.8) is 0 Å². The monoisotopic (exact) mass is 290 g/mol. The standard InChI is InChI=1S/C17H26N2S/c1-12(2)13(3)20-16-8-7-14(9-15(16)10-18)11-19-17(4,5)6/h7-9,12-13,19H,11H2,1-6H3. The highest BCUT2D eigenvalue weighted by atomic mass is 32.2. The van der Waals surface area contributed by atoms with Crippen molar-refractivity contribution in [3.8, 4) is 6.07 Å². The summed E-state index contributed by atoms with van der Waals surface area (Å²) in [5.74, 6) is 0.605. The molecule has 1 unspecified atom stereocenters. The van der Waals surface area contributed by atoms with E-state index >= 15 is 0 Å². The second-order valence-corrected chi connectivity index (χ2v) is 8.03. The molecule has 0 fully saturated rings. The Bertz CT molecular complexity index is 481. The summed E-state index contributed by atoms with van der Waals surface area (Å²) >= 11 is 1.79. The molecule has 1 aromatic carbocycles. The fourth-order valence-corrected chi connectivity index (χ4v) is 2.63. The molecule has 0 aromatic heterocycles. The van der Waals surface area contributed by atoms with Crippen LogP contribution in [0, 0.1) is 17.2 Å². The third-order valence-corrected chi connectivity index (χ3v) is 4.77. The number of nitrogens with one attached hydrogen (secondary N) is 1. The van der Waals surface area contributed by atoms with Gasteiger partial charge < -0.3 is 5.32 Å². The summed E-state index contributed by atoms with van der Waals surface area (Å²) in [6.45, 7) is 13.9. The van der Waals surface area contributed by atoms with E-state index in [-0.39, 0.29) is 5.54 Å². The molecule has 2 nitrogen and oxygen atoms in total. The van der Waals surface area contributed by atoms with Crippen molar-refractivity contribution >= 4 is 11.8 Å². The van der Waals surface area contributed by atoms with E-state index in [0.29, 0.717) is 11.2 Å². The lowest BCUT2D eigenvalue weighted by atomic mass is 10.1. The molecular weight excluding hydrogens is 264 g/mol. The first-order valence-corrected chi connectivity index (χ1v) is 8.05. The Morgan fingerprint density at radius 3 is 2.40 bits per heavy atom. The lowest BCUT2D eigenvalue weighted by Crippen LogP contribution is -2.35. The zero-order chi connectivity index (χ0) is 15.3. The fourth-order valence-electron chi connectivity index (χ4n) is 1.58. The number of nitriles is 1. The summed E-state index contributed by atoms with van der Waals surface area (Å²) in [4.78, 5) is 1.09. The molecule has 0 bridgehead atoms. The number of hydrogen-bond acceptors (Lipinski definition) is 3. The van der Waals surface area contributed by atoms with Crippen LogP contribution >= 0.6 is 11.8 Å². The minimum atomic E-state index is 0.0897. The summed E-state index contributed by atoms with van der Waals surface area (Å²) < 4.78 is 0. The molecule has 0 saturated heterocycles. The first-order chi connectivity index (χ1) is 9.23. The van der Waals surface area contributed by atoms with Crippen LogP contribution in [0.5, 0.6) is 0 Å². The predicted octanol–water partition coefficient (Wildman–Crippen LogP) is 4.58. The van der Waals surface area contributed by atoms with Gasteiger partial charge in [0.1, 0.15) is 6.07 Å². The smallest absolute Gasteiger partial charge is 0.100 e. The number of thioether (sulfide) groups is 1. The van der Waals surface area contributed by atoms with Crippen LogP contribution < -0.4 is 5.32 Å². The molecule has 0 aliphatic carbocycles. The molecule has 0 radical (unpaired) electrons. The van der Waals surface area contributed by atoms with Crippen LogP contribution in [0.1, 0.15) is 52.7 Å². The maximum Gasteiger partial charge on any atom is 0.100 e. The van der Waals surface area contributed by atoms with E-state index in [1.165, 1.54) is 0 Å². The van der Waals surface area contributed by atoms with Crippen molar-refractivity contribution in [3.05, 3.63) is 29.3 Å². The molecule has 3 heteroatoms. The molecule has 1 aromatic rings. The van der Waals surface area contributed by atoms with Gasteiger partial charge in [0, 0.05) is 22.2 Å². The Morgan fingerprint density at radius 1 is 1.25 bits per heavy atom. The van der Waals surface area contributed by atoms with Crippen LogP contribution in [-0.2, 0) is 6.54 Å². The second-order valence-electron chi connectivity index (χ2n) is 6.61. The lowest BCUT2D eigenvalue weighted by molar-refractivity contribution is 0.424. The van der Waals surface area contributed by atoms with E-state index < -0.39 is 0 Å². The minimum Gasteiger partial charge on any atom is -0.308 e. The summed E-state index contributed by atoms with van der Waals surface area (Å²) in [7, 11) is 0. The lowest BCUT2D eigenvalue weighted by Gasteiger charge is -2.21. The Labute approximate surface area is 128 Å². The van der Waals surface area contributed by atoms with E-state index in [2.05, 4.69) is 65.1 Å². The Morgan fingerprint density at radius 2 is 1.90 bits per heavy atom. The maximum atomic E-state index is 9.34. The molecule has 1 N–H and O–H groups in total. The van der Waals surface area contributed by atoms with E-state index in [9.17, 15) is 5.26 Å². The molecule has 0 amide bonds. The van der Waals surface area contributed by atoms with Gasteiger partial charge in [-0.2, -0.15) is 5.26 Å². The summed E-state index contributed by atoms with van der Waals surface area (Å²) in [5.41, 5.74) is 2.04. The van der Waals surface area contributed by atoms with Crippen molar-refractivity contribution in [2.24, 2.45) is 5.92 Å². The molecule has 0 heterocycles. The van der Waals surface area contributed by atoms with Gasteiger partial charge in [0.25, 0.3) is 0 Å². The van der Waals surface area contributed by atoms with E-state index in [1.54, 1.807) is 11.8 Å². The fraction of sp³-hybridized carbons (Fsp3) is 0.588. The third-order valence-electron chi connectivity index (χ3n) is 3.24. The zero-order valence-corrected chi connectivity index (χ0v) is 14.3. The predicted molar refractivity (Wildman–Crippen MR) is 87.9 cm³/mol. The van der Waals surface area contributed by atoms with Crippen molar-refractivity contribution in [2.45, 2.75) is 63.8 Å². The topological polar surface area (TPSA) is 35.8 Å². The molecule has 0 aliphatic rings. The van der Waals surface area contributed by atoms with Crippen molar-refractivity contribution < 1.29 is 0 Å². The Balaban J connectivity index is 2.83. The number of nitrogens with zero attached hydrogens (tertiary/aromatic N) is 1. The molecular formula is C17H26N2S. The van der Waals surface area contributed by atoms with Gasteiger partial charge >= 0.3 is 0 Å². The van der Waals surface area contributed by atoms with Crippen LogP contribution in [0.15, 0.2) is 23.1 Å². The van der Waals surface area contributed by atoms with E-state index in [0.717, 1.165) is 22.6 Å². The van der Waals surface area contributed by atoms with Crippen molar-refractivity contribution in [2.75, 3.05) is 0 Å². The summed E-state index contributed by atoms with van der Waals surface area (Å²) in [6, 6.07) is 8.54. The summed E-state index contributed by atoms with van der Waals surface area (Å²) in [6.07, 6.45) is 0. The first kappa shape index (κ1) is 17.1. The minimum absolute atomic E-state index is 0.0897. The maximum absolute atomic E-state index is 9.34. The second kappa shape index (κ2) is 7.15. The highest BCUT2D eigenvalue weighted by molar-refractivity contribution is 8.00. The van der Waals surface area contributed by atoms with Gasteiger partial charge in [-0.1, -0.05) is 26.8 Å². The SMILES string of the molecule is CC(C)C(C)Sc1ccc(CNC(C)(C)C)cc1C#N. The van der Waals surface area contributed by atoms with Crippen LogP contribution in [0.4, 0.5) is 0 Å². The highest BCUT2D eigenvalue weighted by Gasteiger charge is 2.13. The van der Waals surface area contributed by atoms with Crippen molar-refractivity contribution in [1.29, 1.82) is 5.26 Å². The van der Waals surface area contributed by atoms with Crippen LogP contribution in [-0.4, -0.2) is 10.8 Å². The van der Waals surface area contributed by atoms with Gasteiger partial charge in [-0.05, 0) is 44.4 Å². The van der Waals surface area contributed by atoms with Gasteiger partial charge in [-0.25, -0.2) is 0 Å². The van der Waals surface area contributed by atoms with Gasteiger partial charge in [0.05, 0.1) is 5.56 Å². The van der Waals surface area contributed by atoms with Gasteiger partial charge in [0.15, 0.2) is 0 Å². The Hall–Kier alpha value is -0.980. The van der Waals surface area contributed by atoms with Gasteiger partial charge in [0.2, 0.25) is 0 Å². The molecule has 1 rings (SSSR count). The first-order valence-electron chi connectivity index (χ1n) is 7.17. The molecule has 110 valence electrons. The zero-order valence-electron chi connectivity index (χ0n) is 13.4. The van der Waals surface area contributed by atoms with E-state index in [4.69, 9.17) is 0 Å². The molecule has 0 spiro atoms. The molecule has 20 heavy (non-hydrogen) atoms. The molecule has 1 atom stereocenters. The number of hydrogen-bond donors (Lipinski definition) is 1. The largest absolute Gasteiger partial charge is 0.308 e. The quantitative estimate of drug-likeness (QED) is 0.806. The van der Waals surface area contributed by atoms with E-state index in [1.807, 2.05) is 6.07 Å². The Kier molecular flexibility index (Phi) is 6.10. The van der Waals surface area contributed by atoms with Gasteiger partial charge in [-0.3, -0.25) is 0 Å². The van der Waals surface area contributed by atoms with Gasteiger partial charge in [-0.15, -0.1) is 11.8 Å². The van der Waals surface area contributed by atoms with Crippen LogP contribution in [0.3, 0.4) is 0 Å². The number of benzene rings is 1. The van der Waals surface area contributed by atoms with Crippen LogP contribution in [0.2, 0.25) is 0 Å². The van der Waals surface area contributed by atoms with Crippen molar-refractivity contribution in [1.82, 2.24) is 5.32 Å². The van der Waals surface area contributed by atoms with Crippen LogP contribution in [0.25, 0.3) is 0 Å². The average Bonchev–Trinajstić information content (AvgIpc) is 2.36. The number of rotatable bonds is 5. The third kappa shape index (κ3) is 5.56. The molecule has 0 saturated carbocycles. The molecule has 0 aliphatic heterocycles. The average molecular weight is 290 g/mol.